The van der Waals surface area contributed by atoms with Gasteiger partial charge in [0.2, 0.25) is 5.91 Å². The van der Waals surface area contributed by atoms with Crippen LogP contribution >= 0.6 is 11.6 Å². The van der Waals surface area contributed by atoms with Gasteiger partial charge in [0.1, 0.15) is 5.75 Å². The summed E-state index contributed by atoms with van der Waals surface area (Å²) in [6.45, 7) is -0.310. The molecule has 0 saturated heterocycles. The van der Waals surface area contributed by atoms with Crippen LogP contribution in [0, 0.1) is 0 Å². The average Bonchev–Trinajstić information content (AvgIpc) is 2.77. The standard InChI is InChI=1S/C23H20ClN3O4/c1-31-20-10-7-14(23(30)26-13-21(25)28)11-18(20)22(29)17-9-8-16(12-19(17)24)27-15-5-3-2-4-6-15/h2-12,27H,13H2,1H3,(H2,25,28)(H,26,30). The molecular weight excluding hydrogens is 418 g/mol. The molecule has 31 heavy (non-hydrogen) atoms. The van der Waals surface area contributed by atoms with E-state index < -0.39 is 17.6 Å². The first-order valence-electron chi connectivity index (χ1n) is 9.30. The zero-order valence-electron chi connectivity index (χ0n) is 16.6. The van der Waals surface area contributed by atoms with Crippen molar-refractivity contribution in [2.45, 2.75) is 0 Å². The van der Waals surface area contributed by atoms with Gasteiger partial charge in [0.05, 0.1) is 24.2 Å². The number of para-hydroxylation sites is 1. The molecule has 158 valence electrons. The van der Waals surface area contributed by atoms with Crippen LogP contribution in [0.25, 0.3) is 0 Å². The molecule has 0 spiro atoms. The van der Waals surface area contributed by atoms with Crippen molar-refractivity contribution >= 4 is 40.6 Å². The number of anilines is 2. The molecule has 3 aromatic carbocycles. The van der Waals surface area contributed by atoms with Crippen molar-refractivity contribution < 1.29 is 19.1 Å². The number of benzene rings is 3. The summed E-state index contributed by atoms with van der Waals surface area (Å²) in [5.41, 5.74) is 7.26. The van der Waals surface area contributed by atoms with E-state index in [1.165, 1.54) is 25.3 Å². The van der Waals surface area contributed by atoms with Crippen molar-refractivity contribution in [3.63, 3.8) is 0 Å². The Labute approximate surface area is 184 Å². The van der Waals surface area contributed by atoms with E-state index in [0.29, 0.717) is 5.75 Å². The molecule has 0 aliphatic rings. The first kappa shape index (κ1) is 21.9. The second-order valence-electron chi connectivity index (χ2n) is 6.58. The summed E-state index contributed by atoms with van der Waals surface area (Å²) in [7, 11) is 1.42. The molecule has 4 N–H and O–H groups in total. The number of halogens is 1. The third kappa shape index (κ3) is 5.40. The lowest BCUT2D eigenvalue weighted by molar-refractivity contribution is -0.117. The maximum atomic E-state index is 13.2. The van der Waals surface area contributed by atoms with E-state index in [9.17, 15) is 14.4 Å². The Morgan fingerprint density at radius 2 is 1.68 bits per heavy atom. The summed E-state index contributed by atoms with van der Waals surface area (Å²) in [4.78, 5) is 36.3. The van der Waals surface area contributed by atoms with E-state index in [-0.39, 0.29) is 28.3 Å². The number of carbonyl (C=O) groups excluding carboxylic acids is 3. The summed E-state index contributed by atoms with van der Waals surface area (Å²) in [5.74, 6) is -1.32. The van der Waals surface area contributed by atoms with Crippen molar-refractivity contribution in [3.05, 3.63) is 88.4 Å². The van der Waals surface area contributed by atoms with Crippen LogP contribution in [0.5, 0.6) is 5.75 Å². The van der Waals surface area contributed by atoms with Crippen LogP contribution < -0.4 is 21.1 Å². The molecule has 2 amide bonds. The van der Waals surface area contributed by atoms with Crippen LogP contribution in [0.4, 0.5) is 11.4 Å². The number of nitrogens with one attached hydrogen (secondary N) is 2. The normalized spacial score (nSPS) is 10.3. The lowest BCUT2D eigenvalue weighted by Gasteiger charge is -2.12. The minimum Gasteiger partial charge on any atom is -0.496 e. The lowest BCUT2D eigenvalue weighted by Crippen LogP contribution is -2.33. The zero-order valence-corrected chi connectivity index (χ0v) is 17.4. The van der Waals surface area contributed by atoms with Crippen LogP contribution in [0.15, 0.2) is 66.7 Å². The highest BCUT2D eigenvalue weighted by Gasteiger charge is 2.20. The number of hydrogen-bond donors (Lipinski definition) is 3. The molecule has 0 radical (unpaired) electrons. The average molecular weight is 438 g/mol. The van der Waals surface area contributed by atoms with Gasteiger partial charge >= 0.3 is 0 Å². The van der Waals surface area contributed by atoms with Crippen LogP contribution in [0.3, 0.4) is 0 Å². The van der Waals surface area contributed by atoms with Crippen molar-refractivity contribution in [2.24, 2.45) is 5.73 Å². The Balaban J connectivity index is 1.88. The Kier molecular flexibility index (Phi) is 6.89. The molecule has 0 fully saturated rings. The fourth-order valence-corrected chi connectivity index (χ4v) is 3.17. The molecule has 8 heteroatoms. The third-order valence-electron chi connectivity index (χ3n) is 4.41. The van der Waals surface area contributed by atoms with E-state index >= 15 is 0 Å². The fraction of sp³-hybridized carbons (Fsp3) is 0.0870. The van der Waals surface area contributed by atoms with Gasteiger partial charge in [-0.1, -0.05) is 29.8 Å². The zero-order chi connectivity index (χ0) is 22.4. The van der Waals surface area contributed by atoms with Gasteiger partial charge in [0.25, 0.3) is 5.91 Å². The summed E-state index contributed by atoms with van der Waals surface area (Å²) in [5, 5.41) is 5.84. The number of nitrogens with two attached hydrogens (primary N) is 1. The Bertz CT molecular complexity index is 1130. The van der Waals surface area contributed by atoms with Gasteiger partial charge < -0.3 is 21.1 Å². The molecule has 0 aliphatic carbocycles. The van der Waals surface area contributed by atoms with Gasteiger partial charge in [-0.05, 0) is 48.5 Å². The molecule has 0 saturated carbocycles. The first-order valence-corrected chi connectivity index (χ1v) is 9.67. The molecular formula is C23H20ClN3O4. The van der Waals surface area contributed by atoms with Gasteiger partial charge in [-0.15, -0.1) is 0 Å². The number of rotatable bonds is 8. The van der Waals surface area contributed by atoms with Crippen molar-refractivity contribution in [3.8, 4) is 5.75 Å². The van der Waals surface area contributed by atoms with Gasteiger partial charge in [-0.3, -0.25) is 14.4 Å². The lowest BCUT2D eigenvalue weighted by atomic mass is 9.99. The van der Waals surface area contributed by atoms with Crippen LogP contribution in [0.2, 0.25) is 5.02 Å². The number of primary amides is 1. The van der Waals surface area contributed by atoms with Crippen LogP contribution in [-0.2, 0) is 4.79 Å². The monoisotopic (exact) mass is 437 g/mol. The van der Waals surface area contributed by atoms with E-state index in [2.05, 4.69) is 10.6 Å². The summed E-state index contributed by atoms with van der Waals surface area (Å²) in [6, 6.07) is 18.9. The molecule has 0 aromatic heterocycles. The Morgan fingerprint density at radius 3 is 2.32 bits per heavy atom. The quantitative estimate of drug-likeness (QED) is 0.467. The summed E-state index contributed by atoms with van der Waals surface area (Å²) < 4.78 is 5.28. The predicted molar refractivity (Wildman–Crippen MR) is 119 cm³/mol. The minimum atomic E-state index is -0.672. The van der Waals surface area contributed by atoms with Crippen molar-refractivity contribution in [1.29, 1.82) is 0 Å². The SMILES string of the molecule is COc1ccc(C(=O)NCC(N)=O)cc1C(=O)c1ccc(Nc2ccccc2)cc1Cl. The second kappa shape index (κ2) is 9.77. The topological polar surface area (TPSA) is 111 Å². The molecule has 0 unspecified atom stereocenters. The highest BCUT2D eigenvalue weighted by molar-refractivity contribution is 6.35. The van der Waals surface area contributed by atoms with Gasteiger partial charge in [0, 0.05) is 22.5 Å². The molecule has 3 rings (SSSR count). The smallest absolute Gasteiger partial charge is 0.251 e. The number of ether oxygens (including phenoxy) is 1. The molecule has 0 heterocycles. The van der Waals surface area contributed by atoms with Crippen molar-refractivity contribution in [1.82, 2.24) is 5.32 Å². The Morgan fingerprint density at radius 1 is 0.935 bits per heavy atom. The molecule has 0 atom stereocenters. The second-order valence-corrected chi connectivity index (χ2v) is 6.99. The van der Waals surface area contributed by atoms with Crippen molar-refractivity contribution in [2.75, 3.05) is 19.0 Å². The van der Waals surface area contributed by atoms with E-state index in [1.54, 1.807) is 18.2 Å². The van der Waals surface area contributed by atoms with Gasteiger partial charge in [0.15, 0.2) is 5.78 Å². The van der Waals surface area contributed by atoms with Gasteiger partial charge in [-0.25, -0.2) is 0 Å². The van der Waals surface area contributed by atoms with Crippen LogP contribution in [-0.4, -0.2) is 31.3 Å². The van der Waals surface area contributed by atoms with Crippen LogP contribution in [0.1, 0.15) is 26.3 Å². The van der Waals surface area contributed by atoms with E-state index in [1.807, 2.05) is 30.3 Å². The van der Waals surface area contributed by atoms with E-state index in [0.717, 1.165) is 11.4 Å². The number of carbonyl (C=O) groups is 3. The molecule has 7 nitrogen and oxygen atoms in total. The van der Waals surface area contributed by atoms with E-state index in [4.69, 9.17) is 22.1 Å². The fourth-order valence-electron chi connectivity index (χ4n) is 2.91. The maximum absolute atomic E-state index is 13.2. The number of ketones is 1. The minimum absolute atomic E-state index is 0.167. The highest BCUT2D eigenvalue weighted by atomic mass is 35.5. The number of hydrogen-bond acceptors (Lipinski definition) is 5. The predicted octanol–water partition coefficient (Wildman–Crippen LogP) is 3.54. The number of methoxy groups -OCH3 is 1. The maximum Gasteiger partial charge on any atom is 0.251 e. The first-order chi connectivity index (χ1) is 14.9. The molecule has 0 bridgehead atoms. The Hall–Kier alpha value is -3.84. The summed E-state index contributed by atoms with van der Waals surface area (Å²) in [6.07, 6.45) is 0. The third-order valence-corrected chi connectivity index (χ3v) is 4.72. The summed E-state index contributed by atoms with van der Waals surface area (Å²) >= 11 is 6.39. The number of amides is 2. The van der Waals surface area contributed by atoms with Gasteiger partial charge in [-0.2, -0.15) is 0 Å². The molecule has 3 aromatic rings. The highest BCUT2D eigenvalue weighted by Crippen LogP contribution is 2.29. The largest absolute Gasteiger partial charge is 0.496 e. The molecule has 0 aliphatic heterocycles.